The fraction of sp³-hybridized carbons (Fsp3) is 0.333. The zero-order valence-electron chi connectivity index (χ0n) is 15.9. The second kappa shape index (κ2) is 6.99. The molecule has 1 aliphatic rings. The normalized spacial score (nSPS) is 18.9. The molecule has 0 spiro atoms. The van der Waals surface area contributed by atoms with Crippen molar-refractivity contribution in [2.75, 3.05) is 6.54 Å². The summed E-state index contributed by atoms with van der Waals surface area (Å²) in [5.74, 6) is 0.762. The predicted molar refractivity (Wildman–Crippen MR) is 116 cm³/mol. The zero-order chi connectivity index (χ0) is 19.3. The van der Waals surface area contributed by atoms with Crippen molar-refractivity contribution in [3.63, 3.8) is 0 Å². The topological polar surface area (TPSA) is 53.9 Å². The molecule has 1 N–H and O–H groups in total. The van der Waals surface area contributed by atoms with E-state index in [2.05, 4.69) is 58.2 Å². The number of hydrogen-bond donors (Lipinski definition) is 1. The minimum atomic E-state index is -0.0360. The second-order valence-corrected chi connectivity index (χ2v) is 9.18. The number of aromatic nitrogens is 3. The van der Waals surface area contributed by atoms with Gasteiger partial charge in [0.25, 0.3) is 5.56 Å². The van der Waals surface area contributed by atoms with Gasteiger partial charge in [-0.3, -0.25) is 9.69 Å². The molecule has 144 valence electrons. The molecule has 4 aromatic rings. The van der Waals surface area contributed by atoms with Crippen molar-refractivity contribution in [1.82, 2.24) is 19.4 Å². The fourth-order valence-corrected chi connectivity index (χ4v) is 6.09. The van der Waals surface area contributed by atoms with Gasteiger partial charge >= 0.3 is 0 Å². The Hall–Kier alpha value is -2.22. The molecule has 0 aromatic carbocycles. The van der Waals surface area contributed by atoms with Gasteiger partial charge < -0.3 is 9.55 Å². The summed E-state index contributed by atoms with van der Waals surface area (Å²) in [6.45, 7) is 3.17. The lowest BCUT2D eigenvalue weighted by atomic mass is 10.1. The van der Waals surface area contributed by atoms with Gasteiger partial charge in [-0.2, -0.15) is 0 Å². The molecule has 7 heteroatoms. The van der Waals surface area contributed by atoms with Crippen molar-refractivity contribution in [1.29, 1.82) is 0 Å². The Morgan fingerprint density at radius 2 is 2.18 bits per heavy atom. The first-order valence-corrected chi connectivity index (χ1v) is 11.3. The van der Waals surface area contributed by atoms with E-state index in [1.165, 1.54) is 5.69 Å². The van der Waals surface area contributed by atoms with Gasteiger partial charge in [0.15, 0.2) is 0 Å². The number of nitrogens with zero attached hydrogens (tertiary/aromatic N) is 3. The van der Waals surface area contributed by atoms with Gasteiger partial charge in [-0.15, -0.1) is 22.7 Å². The first-order chi connectivity index (χ1) is 13.6. The number of likely N-dealkylation sites (tertiary alicyclic amines) is 1. The number of H-pyrrole nitrogens is 1. The lowest BCUT2D eigenvalue weighted by Gasteiger charge is -2.30. The smallest absolute Gasteiger partial charge is 0.260 e. The summed E-state index contributed by atoms with van der Waals surface area (Å²) >= 11 is 3.21. The van der Waals surface area contributed by atoms with E-state index in [1.54, 1.807) is 22.7 Å². The van der Waals surface area contributed by atoms with Crippen LogP contribution in [0.25, 0.3) is 20.7 Å². The van der Waals surface area contributed by atoms with E-state index in [0.717, 1.165) is 40.5 Å². The summed E-state index contributed by atoms with van der Waals surface area (Å²) in [4.78, 5) is 25.3. The molecule has 0 unspecified atom stereocenters. The van der Waals surface area contributed by atoms with Gasteiger partial charge in [0.2, 0.25) is 0 Å². The molecule has 2 atom stereocenters. The highest BCUT2D eigenvalue weighted by Crippen LogP contribution is 2.38. The van der Waals surface area contributed by atoms with Crippen LogP contribution >= 0.6 is 22.7 Å². The summed E-state index contributed by atoms with van der Waals surface area (Å²) in [5.41, 5.74) is 2.28. The Labute approximate surface area is 171 Å². The number of nitrogens with one attached hydrogen (secondary N) is 1. The van der Waals surface area contributed by atoms with Crippen LogP contribution in [0.4, 0.5) is 0 Å². The largest absolute Gasteiger partial charge is 0.353 e. The van der Waals surface area contributed by atoms with Gasteiger partial charge in [0.05, 0.1) is 17.5 Å². The molecule has 5 rings (SSSR count). The summed E-state index contributed by atoms with van der Waals surface area (Å²) in [6, 6.07) is 8.78. The average Bonchev–Trinajstić information content (AvgIpc) is 3.46. The minimum Gasteiger partial charge on any atom is -0.353 e. The van der Waals surface area contributed by atoms with E-state index >= 15 is 0 Å². The molecule has 5 heterocycles. The average molecular weight is 411 g/mol. The predicted octanol–water partition coefficient (Wildman–Crippen LogP) is 4.95. The Morgan fingerprint density at radius 1 is 1.29 bits per heavy atom. The molecule has 0 amide bonds. The Bertz CT molecular complexity index is 1170. The first kappa shape index (κ1) is 17.8. The summed E-state index contributed by atoms with van der Waals surface area (Å²) in [7, 11) is 2.10. The Balaban J connectivity index is 1.52. The maximum atomic E-state index is 13.0. The highest BCUT2D eigenvalue weighted by molar-refractivity contribution is 7.18. The number of fused-ring (bicyclic) bond motifs is 1. The van der Waals surface area contributed by atoms with Crippen LogP contribution in [0.3, 0.4) is 0 Å². The first-order valence-electron chi connectivity index (χ1n) is 9.55. The maximum absolute atomic E-state index is 13.0. The summed E-state index contributed by atoms with van der Waals surface area (Å²) < 4.78 is 2.20. The standard InChI is InChI=1S/C21H22N4OS2/c1-13(25-10-4-7-16(25)15-6-3-9-24(15)2)19-22-20(26)18-14(12-28-21(18)23-19)17-8-5-11-27-17/h3,5-6,8-9,11-13,16H,4,7,10H2,1-2H3,(H,22,23,26)/t13-,16+/m0/s1. The number of hydrogen-bond acceptors (Lipinski definition) is 5. The van der Waals surface area contributed by atoms with E-state index in [4.69, 9.17) is 4.98 Å². The van der Waals surface area contributed by atoms with Crippen molar-refractivity contribution in [3.05, 3.63) is 63.1 Å². The molecular weight excluding hydrogens is 388 g/mol. The monoisotopic (exact) mass is 410 g/mol. The molecule has 1 saturated heterocycles. The molecule has 0 bridgehead atoms. The quantitative estimate of drug-likeness (QED) is 0.518. The number of aromatic amines is 1. The van der Waals surface area contributed by atoms with Crippen molar-refractivity contribution in [2.24, 2.45) is 7.05 Å². The van der Waals surface area contributed by atoms with Crippen molar-refractivity contribution in [2.45, 2.75) is 31.8 Å². The van der Waals surface area contributed by atoms with E-state index in [1.807, 2.05) is 11.4 Å². The molecule has 0 saturated carbocycles. The second-order valence-electron chi connectivity index (χ2n) is 7.37. The SMILES string of the molecule is C[C@@H](c1nc2scc(-c3cccs3)c2c(=O)[nH]1)N1CCC[C@@H]1c1cccn1C. The van der Waals surface area contributed by atoms with Crippen LogP contribution in [0.5, 0.6) is 0 Å². The highest BCUT2D eigenvalue weighted by Gasteiger charge is 2.33. The number of thiophene rings is 2. The van der Waals surface area contributed by atoms with Crippen LogP contribution in [-0.2, 0) is 7.05 Å². The number of rotatable bonds is 4. The molecule has 1 fully saturated rings. The molecule has 4 aromatic heterocycles. The molecule has 5 nitrogen and oxygen atoms in total. The van der Waals surface area contributed by atoms with E-state index in [0.29, 0.717) is 11.4 Å². The van der Waals surface area contributed by atoms with Crippen LogP contribution in [-0.4, -0.2) is 26.0 Å². The van der Waals surface area contributed by atoms with Gasteiger partial charge in [-0.05, 0) is 49.9 Å². The van der Waals surface area contributed by atoms with Crippen LogP contribution < -0.4 is 5.56 Å². The lowest BCUT2D eigenvalue weighted by Crippen LogP contribution is -2.30. The van der Waals surface area contributed by atoms with Gasteiger partial charge in [0, 0.05) is 34.8 Å². The Morgan fingerprint density at radius 3 is 2.93 bits per heavy atom. The summed E-state index contributed by atoms with van der Waals surface area (Å²) in [5, 5.41) is 4.80. The zero-order valence-corrected chi connectivity index (χ0v) is 17.5. The minimum absolute atomic E-state index is 0.0360. The maximum Gasteiger partial charge on any atom is 0.260 e. The van der Waals surface area contributed by atoms with E-state index in [9.17, 15) is 4.79 Å². The molecule has 0 aliphatic carbocycles. The van der Waals surface area contributed by atoms with E-state index in [-0.39, 0.29) is 11.6 Å². The van der Waals surface area contributed by atoms with Gasteiger partial charge in [-0.1, -0.05) is 6.07 Å². The molecular formula is C21H22N4OS2. The summed E-state index contributed by atoms with van der Waals surface area (Å²) in [6.07, 6.45) is 4.39. The van der Waals surface area contributed by atoms with Crippen LogP contribution in [0.15, 0.2) is 46.0 Å². The molecule has 0 radical (unpaired) electrons. The lowest BCUT2D eigenvalue weighted by molar-refractivity contribution is 0.181. The van der Waals surface area contributed by atoms with Crippen molar-refractivity contribution in [3.8, 4) is 10.4 Å². The Kier molecular flexibility index (Phi) is 4.45. The third kappa shape index (κ3) is 2.85. The van der Waals surface area contributed by atoms with E-state index < -0.39 is 0 Å². The highest BCUT2D eigenvalue weighted by atomic mass is 32.1. The van der Waals surface area contributed by atoms with Gasteiger partial charge in [-0.25, -0.2) is 4.98 Å². The fourth-order valence-electron chi connectivity index (χ4n) is 4.32. The van der Waals surface area contributed by atoms with Crippen LogP contribution in [0, 0.1) is 0 Å². The molecule has 28 heavy (non-hydrogen) atoms. The van der Waals surface area contributed by atoms with Crippen molar-refractivity contribution >= 4 is 32.9 Å². The van der Waals surface area contributed by atoms with Crippen LogP contribution in [0.1, 0.15) is 43.4 Å². The number of aryl methyl sites for hydroxylation is 1. The van der Waals surface area contributed by atoms with Gasteiger partial charge in [0.1, 0.15) is 10.7 Å². The molecule has 1 aliphatic heterocycles. The van der Waals surface area contributed by atoms with Crippen molar-refractivity contribution < 1.29 is 0 Å². The third-order valence-electron chi connectivity index (χ3n) is 5.76. The van der Waals surface area contributed by atoms with Crippen LogP contribution in [0.2, 0.25) is 0 Å². The third-order valence-corrected chi connectivity index (χ3v) is 7.54.